The lowest BCUT2D eigenvalue weighted by molar-refractivity contribution is 0.339. The van der Waals surface area contributed by atoms with E-state index in [0.29, 0.717) is 6.61 Å². The number of ether oxygens (including phenoxy) is 1. The Hall–Kier alpha value is -1.33. The van der Waals surface area contributed by atoms with Gasteiger partial charge in [-0.25, -0.2) is 4.99 Å². The first kappa shape index (κ1) is 14.1. The molecule has 0 aliphatic carbocycles. The van der Waals surface area contributed by atoms with Gasteiger partial charge in [0.25, 0.3) is 0 Å². The van der Waals surface area contributed by atoms with Crippen molar-refractivity contribution in [3.05, 3.63) is 41.0 Å². The third-order valence-corrected chi connectivity index (χ3v) is 3.98. The lowest BCUT2D eigenvalue weighted by Gasteiger charge is -2.05. The average molecular weight is 292 g/mol. The Morgan fingerprint density at radius 3 is 2.74 bits per heavy atom. The van der Waals surface area contributed by atoms with Gasteiger partial charge in [0.2, 0.25) is 0 Å². The summed E-state index contributed by atoms with van der Waals surface area (Å²) in [6.07, 6.45) is 3.75. The number of pyridine rings is 1. The molecular weight excluding hydrogens is 276 g/mol. The van der Waals surface area contributed by atoms with Crippen molar-refractivity contribution in [2.75, 3.05) is 12.9 Å². The van der Waals surface area contributed by atoms with Gasteiger partial charge in [-0.15, -0.1) is 23.1 Å². The standard InChI is InChI=1S/C14H16N2OS2/c1-4-17-11-6-7-12(15-9-11)14(18-3)16-13-8-5-10(2)19-13/h5-9H,4H2,1-3H3. The van der Waals surface area contributed by atoms with E-state index in [9.17, 15) is 0 Å². The number of hydrogen-bond donors (Lipinski definition) is 0. The van der Waals surface area contributed by atoms with Gasteiger partial charge in [0.1, 0.15) is 15.8 Å². The molecule has 0 aliphatic heterocycles. The first-order chi connectivity index (χ1) is 9.22. The molecule has 0 saturated carbocycles. The van der Waals surface area contributed by atoms with Crippen molar-refractivity contribution < 1.29 is 4.74 Å². The van der Waals surface area contributed by atoms with Gasteiger partial charge in [-0.3, -0.25) is 4.98 Å². The van der Waals surface area contributed by atoms with Crippen LogP contribution in [0.15, 0.2) is 35.5 Å². The molecule has 0 unspecified atom stereocenters. The maximum atomic E-state index is 5.39. The van der Waals surface area contributed by atoms with E-state index in [0.717, 1.165) is 21.5 Å². The van der Waals surface area contributed by atoms with E-state index in [-0.39, 0.29) is 0 Å². The third-order valence-electron chi connectivity index (χ3n) is 2.40. The molecule has 2 aromatic heterocycles. The van der Waals surface area contributed by atoms with Gasteiger partial charge in [0.05, 0.1) is 18.5 Å². The van der Waals surface area contributed by atoms with E-state index >= 15 is 0 Å². The molecule has 0 N–H and O–H groups in total. The highest BCUT2D eigenvalue weighted by molar-refractivity contribution is 8.13. The summed E-state index contributed by atoms with van der Waals surface area (Å²) in [7, 11) is 0. The van der Waals surface area contributed by atoms with Gasteiger partial charge in [-0.1, -0.05) is 0 Å². The van der Waals surface area contributed by atoms with Gasteiger partial charge in [0, 0.05) is 4.88 Å². The van der Waals surface area contributed by atoms with Crippen molar-refractivity contribution in [3.63, 3.8) is 0 Å². The summed E-state index contributed by atoms with van der Waals surface area (Å²) in [6, 6.07) is 7.98. The first-order valence-electron chi connectivity index (χ1n) is 6.01. The molecule has 5 heteroatoms. The van der Waals surface area contributed by atoms with Gasteiger partial charge in [0.15, 0.2) is 0 Å². The second kappa shape index (κ2) is 6.73. The number of rotatable bonds is 4. The Morgan fingerprint density at radius 1 is 1.37 bits per heavy atom. The summed E-state index contributed by atoms with van der Waals surface area (Å²) in [4.78, 5) is 10.3. The zero-order chi connectivity index (χ0) is 13.7. The lowest BCUT2D eigenvalue weighted by atomic mass is 10.3. The lowest BCUT2D eigenvalue weighted by Crippen LogP contribution is -1.99. The molecule has 2 rings (SSSR count). The second-order valence-electron chi connectivity index (χ2n) is 3.82. The normalized spacial score (nSPS) is 11.6. The summed E-state index contributed by atoms with van der Waals surface area (Å²) in [5, 5.41) is 1.93. The van der Waals surface area contributed by atoms with Crippen LogP contribution in [-0.2, 0) is 0 Å². The molecule has 0 fully saturated rings. The maximum Gasteiger partial charge on any atom is 0.137 e. The number of thiophene rings is 1. The molecular formula is C14H16N2OS2. The largest absolute Gasteiger partial charge is 0.492 e. The van der Waals surface area contributed by atoms with Crippen LogP contribution in [-0.4, -0.2) is 22.9 Å². The molecule has 0 amide bonds. The van der Waals surface area contributed by atoms with Crippen molar-refractivity contribution in [2.45, 2.75) is 13.8 Å². The van der Waals surface area contributed by atoms with E-state index in [1.165, 1.54) is 4.88 Å². The number of aryl methyl sites for hydroxylation is 1. The van der Waals surface area contributed by atoms with E-state index < -0.39 is 0 Å². The van der Waals surface area contributed by atoms with Gasteiger partial charge in [-0.2, -0.15) is 0 Å². The van der Waals surface area contributed by atoms with Crippen LogP contribution >= 0.6 is 23.1 Å². The van der Waals surface area contributed by atoms with Gasteiger partial charge < -0.3 is 4.74 Å². The van der Waals surface area contributed by atoms with E-state index in [1.54, 1.807) is 29.3 Å². The molecule has 0 spiro atoms. The predicted octanol–water partition coefficient (Wildman–Crippen LogP) is 4.29. The maximum absolute atomic E-state index is 5.39. The number of thioether (sulfide) groups is 1. The monoisotopic (exact) mass is 292 g/mol. The van der Waals surface area contributed by atoms with Crippen LogP contribution in [0.1, 0.15) is 17.5 Å². The highest BCUT2D eigenvalue weighted by Gasteiger charge is 2.05. The summed E-state index contributed by atoms with van der Waals surface area (Å²) in [5.41, 5.74) is 0.877. The molecule has 0 radical (unpaired) electrons. The zero-order valence-electron chi connectivity index (χ0n) is 11.2. The fraction of sp³-hybridized carbons (Fsp3) is 0.286. The summed E-state index contributed by atoms with van der Waals surface area (Å²) >= 11 is 3.28. The van der Waals surface area contributed by atoms with E-state index in [2.05, 4.69) is 23.0 Å². The SMILES string of the molecule is CCOc1ccc(C(=Nc2ccc(C)s2)SC)nc1. The highest BCUT2D eigenvalue weighted by Crippen LogP contribution is 2.26. The fourth-order valence-electron chi connectivity index (χ4n) is 1.55. The third kappa shape index (κ3) is 3.81. The summed E-state index contributed by atoms with van der Waals surface area (Å²) < 4.78 is 5.39. The van der Waals surface area contributed by atoms with Crippen molar-refractivity contribution >= 4 is 33.1 Å². The van der Waals surface area contributed by atoms with Crippen LogP contribution in [0.5, 0.6) is 5.75 Å². The minimum Gasteiger partial charge on any atom is -0.492 e. The van der Waals surface area contributed by atoms with Crippen molar-refractivity contribution in [3.8, 4) is 5.75 Å². The highest BCUT2D eigenvalue weighted by atomic mass is 32.2. The minimum atomic E-state index is 0.652. The molecule has 0 saturated heterocycles. The van der Waals surface area contributed by atoms with Crippen molar-refractivity contribution in [2.24, 2.45) is 4.99 Å². The Balaban J connectivity index is 2.23. The van der Waals surface area contributed by atoms with Crippen LogP contribution in [0.25, 0.3) is 0 Å². The summed E-state index contributed by atoms with van der Waals surface area (Å²) in [5.74, 6) is 0.790. The Bertz CT molecular complexity index is 561. The van der Waals surface area contributed by atoms with Gasteiger partial charge >= 0.3 is 0 Å². The number of aromatic nitrogens is 1. The second-order valence-corrected chi connectivity index (χ2v) is 5.88. The van der Waals surface area contributed by atoms with Crippen molar-refractivity contribution in [1.29, 1.82) is 0 Å². The molecule has 2 aromatic rings. The van der Waals surface area contributed by atoms with Gasteiger partial charge in [-0.05, 0) is 44.4 Å². The Labute approximate surface area is 121 Å². The van der Waals surface area contributed by atoms with Crippen LogP contribution < -0.4 is 4.74 Å². The number of nitrogens with zero attached hydrogens (tertiary/aromatic N) is 2. The van der Waals surface area contributed by atoms with Crippen molar-refractivity contribution in [1.82, 2.24) is 4.98 Å². The molecule has 3 nitrogen and oxygen atoms in total. The fourth-order valence-corrected chi connectivity index (χ4v) is 2.86. The minimum absolute atomic E-state index is 0.652. The topological polar surface area (TPSA) is 34.5 Å². The summed E-state index contributed by atoms with van der Waals surface area (Å²) in [6.45, 7) is 4.69. The molecule has 0 atom stereocenters. The number of hydrogen-bond acceptors (Lipinski definition) is 5. The molecule has 0 aliphatic rings. The van der Waals surface area contributed by atoms with Crippen LogP contribution in [0.4, 0.5) is 5.00 Å². The zero-order valence-corrected chi connectivity index (χ0v) is 12.8. The van der Waals surface area contributed by atoms with Crippen LogP contribution in [0.3, 0.4) is 0 Å². The molecule has 2 heterocycles. The van der Waals surface area contributed by atoms with E-state index in [4.69, 9.17) is 4.74 Å². The van der Waals surface area contributed by atoms with Crippen LogP contribution in [0, 0.1) is 6.92 Å². The predicted molar refractivity (Wildman–Crippen MR) is 84.2 cm³/mol. The van der Waals surface area contributed by atoms with E-state index in [1.807, 2.05) is 31.4 Å². The quantitative estimate of drug-likeness (QED) is 0.622. The van der Waals surface area contributed by atoms with Crippen LogP contribution in [0.2, 0.25) is 0 Å². The first-order valence-corrected chi connectivity index (χ1v) is 8.05. The number of aliphatic imine (C=N–C) groups is 1. The molecule has 0 aromatic carbocycles. The molecule has 19 heavy (non-hydrogen) atoms. The smallest absolute Gasteiger partial charge is 0.137 e. The molecule has 100 valence electrons. The Morgan fingerprint density at radius 2 is 2.21 bits per heavy atom. The molecule has 0 bridgehead atoms. The average Bonchev–Trinajstić information content (AvgIpc) is 2.83. The Kier molecular flexibility index (Phi) is 4.99.